The van der Waals surface area contributed by atoms with E-state index in [0.29, 0.717) is 77.5 Å². The molecule has 0 fully saturated rings. The molecule has 0 bridgehead atoms. The largest absolute Gasteiger partial charge is 0.489 e. The third-order valence-corrected chi connectivity index (χ3v) is 4.03. The van der Waals surface area contributed by atoms with Crippen LogP contribution in [0, 0.1) is 0 Å². The van der Waals surface area contributed by atoms with Gasteiger partial charge in [0, 0.05) is 6.61 Å². The molecule has 0 aliphatic carbocycles. The standard InChI is InChI=1S/C22H39NO6/c1-2-3-4-7-10-24-11-12-25-13-14-26-15-16-27-17-18-28-19-20-29-22-9-6-5-8-21(22)23/h5-6,8-9H,2-4,7,10-20,23H2,1H3. The van der Waals surface area contributed by atoms with Crippen molar-refractivity contribution in [2.75, 3.05) is 78.4 Å². The number of nitrogens with two attached hydrogens (primary N) is 1. The fourth-order valence-corrected chi connectivity index (χ4v) is 2.44. The van der Waals surface area contributed by atoms with Gasteiger partial charge < -0.3 is 34.2 Å². The number of hydrogen-bond acceptors (Lipinski definition) is 7. The number of rotatable bonds is 21. The molecule has 168 valence electrons. The summed E-state index contributed by atoms with van der Waals surface area (Å²) in [4.78, 5) is 0. The molecule has 0 amide bonds. The molecule has 0 saturated heterocycles. The summed E-state index contributed by atoms with van der Waals surface area (Å²) in [6, 6.07) is 7.41. The zero-order valence-electron chi connectivity index (χ0n) is 17.9. The Morgan fingerprint density at radius 3 is 1.59 bits per heavy atom. The summed E-state index contributed by atoms with van der Waals surface area (Å²) < 4.78 is 32.8. The van der Waals surface area contributed by atoms with Gasteiger partial charge >= 0.3 is 0 Å². The summed E-state index contributed by atoms with van der Waals surface area (Å²) >= 11 is 0. The van der Waals surface area contributed by atoms with Crippen LogP contribution in [0.4, 0.5) is 5.69 Å². The molecule has 1 aromatic carbocycles. The molecule has 0 aromatic heterocycles. The predicted molar refractivity (Wildman–Crippen MR) is 115 cm³/mol. The smallest absolute Gasteiger partial charge is 0.142 e. The highest BCUT2D eigenvalue weighted by Crippen LogP contribution is 2.19. The van der Waals surface area contributed by atoms with Crippen molar-refractivity contribution in [3.05, 3.63) is 24.3 Å². The van der Waals surface area contributed by atoms with E-state index >= 15 is 0 Å². The minimum absolute atomic E-state index is 0.460. The Morgan fingerprint density at radius 2 is 1.07 bits per heavy atom. The Labute approximate surface area is 175 Å². The van der Waals surface area contributed by atoms with Gasteiger partial charge in [-0.3, -0.25) is 0 Å². The number of ether oxygens (including phenoxy) is 6. The van der Waals surface area contributed by atoms with Gasteiger partial charge in [-0.15, -0.1) is 0 Å². The van der Waals surface area contributed by atoms with E-state index in [1.807, 2.05) is 24.3 Å². The van der Waals surface area contributed by atoms with Crippen molar-refractivity contribution >= 4 is 5.69 Å². The van der Waals surface area contributed by atoms with E-state index in [2.05, 4.69) is 6.92 Å². The van der Waals surface area contributed by atoms with Gasteiger partial charge in [-0.1, -0.05) is 38.3 Å². The van der Waals surface area contributed by atoms with Gasteiger partial charge in [0.15, 0.2) is 0 Å². The SMILES string of the molecule is CCCCCCOCCOCCOCCOCCOCCOc1ccccc1N. The van der Waals surface area contributed by atoms with Gasteiger partial charge in [-0.25, -0.2) is 0 Å². The summed E-state index contributed by atoms with van der Waals surface area (Å²) in [5.74, 6) is 0.684. The van der Waals surface area contributed by atoms with Crippen molar-refractivity contribution in [1.82, 2.24) is 0 Å². The van der Waals surface area contributed by atoms with Gasteiger partial charge in [-0.05, 0) is 18.6 Å². The van der Waals surface area contributed by atoms with Crippen molar-refractivity contribution < 1.29 is 28.4 Å². The van der Waals surface area contributed by atoms with Crippen LogP contribution in [0.2, 0.25) is 0 Å². The normalized spacial score (nSPS) is 11.1. The summed E-state index contributed by atoms with van der Waals surface area (Å²) in [6.07, 6.45) is 4.92. The Kier molecular flexibility index (Phi) is 17.6. The van der Waals surface area contributed by atoms with E-state index in [-0.39, 0.29) is 0 Å². The lowest BCUT2D eigenvalue weighted by Crippen LogP contribution is -2.14. The Balaban J connectivity index is 1.70. The molecule has 0 atom stereocenters. The molecule has 1 aromatic rings. The lowest BCUT2D eigenvalue weighted by atomic mass is 10.2. The van der Waals surface area contributed by atoms with E-state index in [9.17, 15) is 0 Å². The van der Waals surface area contributed by atoms with Crippen molar-refractivity contribution in [3.63, 3.8) is 0 Å². The van der Waals surface area contributed by atoms with Crippen LogP contribution < -0.4 is 10.5 Å². The second-order valence-electron chi connectivity index (χ2n) is 6.51. The maximum Gasteiger partial charge on any atom is 0.142 e. The van der Waals surface area contributed by atoms with Crippen molar-refractivity contribution in [2.24, 2.45) is 0 Å². The van der Waals surface area contributed by atoms with Crippen LogP contribution in [0.3, 0.4) is 0 Å². The lowest BCUT2D eigenvalue weighted by molar-refractivity contribution is -0.0128. The van der Waals surface area contributed by atoms with E-state index in [0.717, 1.165) is 13.0 Å². The molecular weight excluding hydrogens is 374 g/mol. The van der Waals surface area contributed by atoms with Crippen molar-refractivity contribution in [3.8, 4) is 5.75 Å². The molecule has 0 heterocycles. The fraction of sp³-hybridized carbons (Fsp3) is 0.727. The molecule has 7 heteroatoms. The monoisotopic (exact) mass is 413 g/mol. The van der Waals surface area contributed by atoms with Crippen LogP contribution >= 0.6 is 0 Å². The average Bonchev–Trinajstić information content (AvgIpc) is 2.73. The van der Waals surface area contributed by atoms with Crippen molar-refractivity contribution in [2.45, 2.75) is 32.6 Å². The van der Waals surface area contributed by atoms with Crippen LogP contribution in [0.25, 0.3) is 0 Å². The van der Waals surface area contributed by atoms with Gasteiger partial charge in [0.05, 0.1) is 65.1 Å². The summed E-state index contributed by atoms with van der Waals surface area (Å²) in [7, 11) is 0. The van der Waals surface area contributed by atoms with Gasteiger partial charge in [-0.2, -0.15) is 0 Å². The molecule has 1 rings (SSSR count). The van der Waals surface area contributed by atoms with Crippen LogP contribution in [0.5, 0.6) is 5.75 Å². The highest BCUT2D eigenvalue weighted by molar-refractivity contribution is 5.51. The highest BCUT2D eigenvalue weighted by atomic mass is 16.6. The first-order chi connectivity index (χ1) is 14.3. The maximum absolute atomic E-state index is 5.79. The van der Waals surface area contributed by atoms with E-state index < -0.39 is 0 Å². The van der Waals surface area contributed by atoms with E-state index in [1.165, 1.54) is 19.3 Å². The number of para-hydroxylation sites is 2. The summed E-state index contributed by atoms with van der Waals surface area (Å²) in [6.45, 7) is 8.55. The van der Waals surface area contributed by atoms with Crippen LogP contribution in [-0.2, 0) is 23.7 Å². The molecule has 0 unspecified atom stereocenters. The Hall–Kier alpha value is -1.38. The van der Waals surface area contributed by atoms with E-state index in [4.69, 9.17) is 34.2 Å². The minimum Gasteiger partial charge on any atom is -0.489 e. The third-order valence-electron chi connectivity index (χ3n) is 4.03. The highest BCUT2D eigenvalue weighted by Gasteiger charge is 1.98. The fourth-order valence-electron chi connectivity index (χ4n) is 2.44. The zero-order chi connectivity index (χ0) is 20.8. The summed E-state index contributed by atoms with van der Waals surface area (Å²) in [5, 5.41) is 0. The molecule has 2 N–H and O–H groups in total. The molecule has 0 radical (unpaired) electrons. The van der Waals surface area contributed by atoms with Gasteiger partial charge in [0.25, 0.3) is 0 Å². The number of anilines is 1. The number of unbranched alkanes of at least 4 members (excludes halogenated alkanes) is 3. The van der Waals surface area contributed by atoms with Crippen LogP contribution in [0.1, 0.15) is 32.6 Å². The second-order valence-corrected chi connectivity index (χ2v) is 6.51. The first kappa shape index (κ1) is 25.7. The molecule has 0 aliphatic heterocycles. The van der Waals surface area contributed by atoms with Crippen LogP contribution in [-0.4, -0.2) is 72.7 Å². The lowest BCUT2D eigenvalue weighted by Gasteiger charge is -2.09. The Morgan fingerprint density at radius 1 is 0.586 bits per heavy atom. The topological polar surface area (TPSA) is 81.4 Å². The number of nitrogen functional groups attached to an aromatic ring is 1. The first-order valence-corrected chi connectivity index (χ1v) is 10.7. The average molecular weight is 414 g/mol. The Bertz CT molecular complexity index is 474. The molecule has 7 nitrogen and oxygen atoms in total. The maximum atomic E-state index is 5.79. The van der Waals surface area contributed by atoms with E-state index in [1.54, 1.807) is 0 Å². The molecule has 0 aliphatic rings. The third kappa shape index (κ3) is 16.1. The number of hydrogen-bond donors (Lipinski definition) is 1. The zero-order valence-corrected chi connectivity index (χ0v) is 17.9. The molecular formula is C22H39NO6. The minimum atomic E-state index is 0.460. The molecule has 0 spiro atoms. The van der Waals surface area contributed by atoms with Gasteiger partial charge in [0.1, 0.15) is 12.4 Å². The quantitative estimate of drug-likeness (QED) is 0.245. The van der Waals surface area contributed by atoms with Crippen molar-refractivity contribution in [1.29, 1.82) is 0 Å². The molecule has 0 saturated carbocycles. The second kappa shape index (κ2) is 19.9. The number of benzene rings is 1. The van der Waals surface area contributed by atoms with Gasteiger partial charge in [0.2, 0.25) is 0 Å². The predicted octanol–water partition coefficient (Wildman–Crippen LogP) is 3.31. The molecule has 29 heavy (non-hydrogen) atoms. The van der Waals surface area contributed by atoms with Crippen LogP contribution in [0.15, 0.2) is 24.3 Å². The first-order valence-electron chi connectivity index (χ1n) is 10.7. The summed E-state index contributed by atoms with van der Waals surface area (Å²) in [5.41, 5.74) is 6.43.